The molecule has 3 aliphatic carbocycles. The summed E-state index contributed by atoms with van der Waals surface area (Å²) in [5, 5.41) is 0. The van der Waals surface area contributed by atoms with Crippen molar-refractivity contribution < 1.29 is 0 Å². The second-order valence-electron chi connectivity index (χ2n) is 4.78. The van der Waals surface area contributed by atoms with Gasteiger partial charge in [0, 0.05) is 0 Å². The van der Waals surface area contributed by atoms with Gasteiger partial charge in [-0.3, -0.25) is 0 Å². The van der Waals surface area contributed by atoms with Gasteiger partial charge >= 0.3 is 0 Å². The molecule has 0 nitrogen and oxygen atoms in total. The average Bonchev–Trinajstić information content (AvgIpc) is 2.40. The molecule has 3 rings (SSSR count). The highest BCUT2D eigenvalue weighted by Gasteiger charge is 2.56. The van der Waals surface area contributed by atoms with Gasteiger partial charge in [-0.15, -0.1) is 0 Å². The van der Waals surface area contributed by atoms with Crippen molar-refractivity contribution in [3.05, 3.63) is 0 Å². The zero-order valence-electron chi connectivity index (χ0n) is 6.72. The Hall–Kier alpha value is 0. The molecule has 0 aliphatic heterocycles. The number of hydrogen-bond donors (Lipinski definition) is 0. The fraction of sp³-hybridized carbons (Fsp3) is 1.00. The summed E-state index contributed by atoms with van der Waals surface area (Å²) in [5.41, 5.74) is 0. The summed E-state index contributed by atoms with van der Waals surface area (Å²) < 4.78 is 0. The first-order valence-electron chi connectivity index (χ1n) is 4.86. The Morgan fingerprint density at radius 3 is 2.90 bits per heavy atom. The van der Waals surface area contributed by atoms with Crippen molar-refractivity contribution in [3.8, 4) is 0 Å². The van der Waals surface area contributed by atoms with Crippen LogP contribution in [0.25, 0.3) is 0 Å². The lowest BCUT2D eigenvalue weighted by Crippen LogP contribution is -2.07. The summed E-state index contributed by atoms with van der Waals surface area (Å²) >= 11 is 0. The van der Waals surface area contributed by atoms with Crippen LogP contribution < -0.4 is 0 Å². The monoisotopic (exact) mass is 136 g/mol. The Morgan fingerprint density at radius 2 is 2.00 bits per heavy atom. The van der Waals surface area contributed by atoms with Gasteiger partial charge in [-0.25, -0.2) is 0 Å². The molecule has 0 heterocycles. The minimum Gasteiger partial charge on any atom is -0.0619 e. The lowest BCUT2D eigenvalue weighted by molar-refractivity contribution is 0.340. The average molecular weight is 136 g/mol. The van der Waals surface area contributed by atoms with Gasteiger partial charge in [-0.05, 0) is 48.9 Å². The van der Waals surface area contributed by atoms with Crippen LogP contribution in [0.15, 0.2) is 0 Å². The largest absolute Gasteiger partial charge is 0.0619 e. The van der Waals surface area contributed by atoms with Crippen molar-refractivity contribution in [2.45, 2.75) is 32.6 Å². The number of fused-ring (bicyclic) bond motifs is 4. The molecule has 0 N–H and O–H groups in total. The minimum absolute atomic E-state index is 1.12. The molecule has 0 saturated heterocycles. The van der Waals surface area contributed by atoms with E-state index in [2.05, 4.69) is 6.92 Å². The lowest BCUT2D eigenvalue weighted by atomic mass is 9.89. The second kappa shape index (κ2) is 1.60. The van der Waals surface area contributed by atoms with Gasteiger partial charge in [-0.2, -0.15) is 0 Å². The van der Waals surface area contributed by atoms with Crippen LogP contribution in [0.2, 0.25) is 0 Å². The predicted molar refractivity (Wildman–Crippen MR) is 41.6 cm³/mol. The summed E-state index contributed by atoms with van der Waals surface area (Å²) in [7, 11) is 0. The molecule has 56 valence electrons. The lowest BCUT2D eigenvalue weighted by Gasteiger charge is -2.16. The van der Waals surface area contributed by atoms with Gasteiger partial charge in [0.1, 0.15) is 0 Å². The fourth-order valence-electron chi connectivity index (χ4n) is 3.79. The molecule has 0 amide bonds. The molecule has 10 heavy (non-hydrogen) atoms. The molecule has 2 bridgehead atoms. The van der Waals surface area contributed by atoms with E-state index in [1.54, 1.807) is 25.7 Å². The van der Waals surface area contributed by atoms with Gasteiger partial charge in [0.05, 0.1) is 0 Å². The third-order valence-corrected chi connectivity index (χ3v) is 4.37. The van der Waals surface area contributed by atoms with Crippen molar-refractivity contribution in [3.63, 3.8) is 0 Å². The SMILES string of the molecule is CC1C2CC3CCC(C3)[C@H]12. The normalized spacial score (nSPS) is 63.9. The van der Waals surface area contributed by atoms with Crippen molar-refractivity contribution in [2.24, 2.45) is 29.6 Å². The molecule has 0 spiro atoms. The van der Waals surface area contributed by atoms with Crippen LogP contribution in [-0.4, -0.2) is 0 Å². The van der Waals surface area contributed by atoms with Crippen LogP contribution in [0.5, 0.6) is 0 Å². The second-order valence-corrected chi connectivity index (χ2v) is 4.78. The first-order chi connectivity index (χ1) is 4.86. The predicted octanol–water partition coefficient (Wildman–Crippen LogP) is 2.69. The van der Waals surface area contributed by atoms with E-state index in [1.165, 1.54) is 17.8 Å². The summed E-state index contributed by atoms with van der Waals surface area (Å²) in [6.07, 6.45) is 6.36. The first kappa shape index (κ1) is 5.62. The molecule has 0 aromatic rings. The van der Waals surface area contributed by atoms with Gasteiger partial charge in [0.15, 0.2) is 0 Å². The first-order valence-corrected chi connectivity index (χ1v) is 4.86. The van der Waals surface area contributed by atoms with Crippen LogP contribution >= 0.6 is 0 Å². The van der Waals surface area contributed by atoms with Gasteiger partial charge < -0.3 is 0 Å². The van der Waals surface area contributed by atoms with E-state index in [4.69, 9.17) is 0 Å². The van der Waals surface area contributed by atoms with E-state index >= 15 is 0 Å². The minimum atomic E-state index is 1.12. The molecule has 3 saturated carbocycles. The molecule has 4 unspecified atom stereocenters. The Bertz CT molecular complexity index is 161. The third kappa shape index (κ3) is 0.538. The Kier molecular flexibility index (Phi) is 0.898. The van der Waals surface area contributed by atoms with E-state index in [9.17, 15) is 0 Å². The maximum atomic E-state index is 2.47. The number of hydrogen-bond acceptors (Lipinski definition) is 0. The Morgan fingerprint density at radius 1 is 1.10 bits per heavy atom. The van der Waals surface area contributed by atoms with E-state index in [-0.39, 0.29) is 0 Å². The van der Waals surface area contributed by atoms with Crippen LogP contribution in [0.1, 0.15) is 32.6 Å². The molecule has 3 aliphatic rings. The summed E-state index contributed by atoms with van der Waals surface area (Å²) in [6, 6.07) is 0. The van der Waals surface area contributed by atoms with Crippen molar-refractivity contribution in [2.75, 3.05) is 0 Å². The summed E-state index contributed by atoms with van der Waals surface area (Å²) in [6.45, 7) is 2.47. The zero-order chi connectivity index (χ0) is 6.72. The van der Waals surface area contributed by atoms with Crippen molar-refractivity contribution in [1.29, 1.82) is 0 Å². The highest BCUT2D eigenvalue weighted by Crippen LogP contribution is 2.63. The fourth-order valence-corrected chi connectivity index (χ4v) is 3.79. The molecular weight excluding hydrogens is 120 g/mol. The quantitative estimate of drug-likeness (QED) is 0.480. The molecule has 5 atom stereocenters. The van der Waals surface area contributed by atoms with E-state index < -0.39 is 0 Å². The molecule has 0 aromatic carbocycles. The van der Waals surface area contributed by atoms with Crippen LogP contribution in [-0.2, 0) is 0 Å². The van der Waals surface area contributed by atoms with Crippen LogP contribution in [0.4, 0.5) is 0 Å². The molecule has 0 heteroatoms. The molecule has 3 fully saturated rings. The summed E-state index contributed by atoms with van der Waals surface area (Å²) in [4.78, 5) is 0. The topological polar surface area (TPSA) is 0 Å². The van der Waals surface area contributed by atoms with Gasteiger partial charge in [0.2, 0.25) is 0 Å². The van der Waals surface area contributed by atoms with Crippen LogP contribution in [0, 0.1) is 29.6 Å². The molecule has 0 aromatic heterocycles. The van der Waals surface area contributed by atoms with Crippen molar-refractivity contribution >= 4 is 0 Å². The van der Waals surface area contributed by atoms with E-state index in [0.717, 1.165) is 11.8 Å². The van der Waals surface area contributed by atoms with Crippen molar-refractivity contribution in [1.82, 2.24) is 0 Å². The maximum absolute atomic E-state index is 2.47. The number of rotatable bonds is 0. The molecule has 0 radical (unpaired) electrons. The standard InChI is InChI=1S/C10H16/c1-6-9-5-7-2-3-8(4-7)10(6)9/h6-10H,2-5H2,1H3/t6?,7?,8?,9?,10-/m0/s1. The highest BCUT2D eigenvalue weighted by atomic mass is 14.6. The van der Waals surface area contributed by atoms with E-state index in [1.807, 2.05) is 0 Å². The smallest absolute Gasteiger partial charge is 0.0326 e. The molecular formula is C10H16. The van der Waals surface area contributed by atoms with Crippen LogP contribution in [0.3, 0.4) is 0 Å². The van der Waals surface area contributed by atoms with Gasteiger partial charge in [-0.1, -0.05) is 13.3 Å². The Balaban J connectivity index is 1.87. The Labute approximate surface area is 63.0 Å². The van der Waals surface area contributed by atoms with Gasteiger partial charge in [0.25, 0.3) is 0 Å². The third-order valence-electron chi connectivity index (χ3n) is 4.37. The maximum Gasteiger partial charge on any atom is -0.0326 e. The highest BCUT2D eigenvalue weighted by molar-refractivity contribution is 5.05. The summed E-state index contributed by atoms with van der Waals surface area (Å²) in [5.74, 6) is 5.84. The van der Waals surface area contributed by atoms with E-state index in [0.29, 0.717) is 0 Å². The zero-order valence-corrected chi connectivity index (χ0v) is 6.72.